The highest BCUT2D eigenvalue weighted by molar-refractivity contribution is 5.80. The van der Waals surface area contributed by atoms with Crippen LogP contribution in [-0.2, 0) is 6.42 Å². The average Bonchev–Trinajstić information content (AvgIpc) is 3.00. The molecule has 0 aliphatic carbocycles. The van der Waals surface area contributed by atoms with Gasteiger partial charge in [-0.3, -0.25) is 4.99 Å². The Kier molecular flexibility index (Phi) is 4.67. The Balaban J connectivity index is 1.89. The maximum atomic E-state index is 5.32. The van der Waals surface area contributed by atoms with Crippen molar-refractivity contribution in [1.29, 1.82) is 0 Å². The number of likely N-dealkylation sites (tertiary alicyclic amines) is 1. The van der Waals surface area contributed by atoms with E-state index in [0.717, 1.165) is 37.8 Å². The molecule has 0 amide bonds. The van der Waals surface area contributed by atoms with Crippen molar-refractivity contribution in [1.82, 2.24) is 10.2 Å². The van der Waals surface area contributed by atoms with E-state index in [1.54, 1.807) is 6.26 Å². The number of guanidine groups is 1. The quantitative estimate of drug-likeness (QED) is 0.657. The van der Waals surface area contributed by atoms with E-state index in [9.17, 15) is 0 Å². The Bertz CT molecular complexity index is 364. The zero-order chi connectivity index (χ0) is 12.8. The van der Waals surface area contributed by atoms with E-state index in [-0.39, 0.29) is 0 Å². The Morgan fingerprint density at radius 3 is 2.83 bits per heavy atom. The first-order chi connectivity index (χ1) is 8.75. The molecule has 2 heterocycles. The highest BCUT2D eigenvalue weighted by Crippen LogP contribution is 2.08. The molecular formula is C14H23N3O. The summed E-state index contributed by atoms with van der Waals surface area (Å²) in [5, 5.41) is 3.45. The number of rotatable bonds is 4. The molecule has 18 heavy (non-hydrogen) atoms. The summed E-state index contributed by atoms with van der Waals surface area (Å²) >= 11 is 0. The minimum atomic E-state index is 0.424. The summed E-state index contributed by atoms with van der Waals surface area (Å²) in [7, 11) is 0. The lowest BCUT2D eigenvalue weighted by atomic mass is 10.3. The number of aliphatic imine (C=N–C) groups is 1. The maximum Gasteiger partial charge on any atom is 0.194 e. The third kappa shape index (κ3) is 3.79. The highest BCUT2D eigenvalue weighted by atomic mass is 16.3. The minimum Gasteiger partial charge on any atom is -0.469 e. The molecule has 1 saturated heterocycles. The molecule has 0 atom stereocenters. The molecule has 1 aromatic heterocycles. The Morgan fingerprint density at radius 2 is 2.22 bits per heavy atom. The fraction of sp³-hybridized carbons (Fsp3) is 0.643. The van der Waals surface area contributed by atoms with Crippen LogP contribution in [0.25, 0.3) is 0 Å². The van der Waals surface area contributed by atoms with Crippen molar-refractivity contribution < 1.29 is 4.42 Å². The van der Waals surface area contributed by atoms with Crippen LogP contribution >= 0.6 is 0 Å². The first kappa shape index (κ1) is 13.0. The molecule has 0 unspecified atom stereocenters. The fourth-order valence-corrected chi connectivity index (χ4v) is 2.15. The van der Waals surface area contributed by atoms with Crippen LogP contribution in [-0.4, -0.2) is 36.5 Å². The summed E-state index contributed by atoms with van der Waals surface area (Å²) < 4.78 is 5.32. The monoisotopic (exact) mass is 249 g/mol. The first-order valence-corrected chi connectivity index (χ1v) is 6.84. The largest absolute Gasteiger partial charge is 0.469 e. The Hall–Kier alpha value is -1.45. The van der Waals surface area contributed by atoms with E-state index in [1.165, 1.54) is 12.8 Å². The van der Waals surface area contributed by atoms with Gasteiger partial charge < -0.3 is 14.6 Å². The SMILES string of the molecule is CC(C)NC(=NCCc1ccco1)N1CCCC1. The molecule has 1 N–H and O–H groups in total. The molecule has 100 valence electrons. The molecule has 1 aliphatic heterocycles. The van der Waals surface area contributed by atoms with Gasteiger partial charge in [-0.2, -0.15) is 0 Å². The predicted molar refractivity (Wildman–Crippen MR) is 73.8 cm³/mol. The van der Waals surface area contributed by atoms with E-state index in [1.807, 2.05) is 12.1 Å². The van der Waals surface area contributed by atoms with Crippen LogP contribution in [0.15, 0.2) is 27.8 Å². The minimum absolute atomic E-state index is 0.424. The number of hydrogen-bond acceptors (Lipinski definition) is 2. The van der Waals surface area contributed by atoms with Gasteiger partial charge in [0.25, 0.3) is 0 Å². The number of hydrogen-bond donors (Lipinski definition) is 1. The van der Waals surface area contributed by atoms with Crippen LogP contribution in [0.5, 0.6) is 0 Å². The average molecular weight is 249 g/mol. The van der Waals surface area contributed by atoms with Crippen LogP contribution in [0.3, 0.4) is 0 Å². The van der Waals surface area contributed by atoms with Gasteiger partial charge in [0, 0.05) is 32.1 Å². The van der Waals surface area contributed by atoms with E-state index in [0.29, 0.717) is 6.04 Å². The van der Waals surface area contributed by atoms with Crippen molar-refractivity contribution in [3.63, 3.8) is 0 Å². The van der Waals surface area contributed by atoms with Crippen molar-refractivity contribution in [2.75, 3.05) is 19.6 Å². The van der Waals surface area contributed by atoms with Gasteiger partial charge in [0.05, 0.1) is 6.26 Å². The van der Waals surface area contributed by atoms with E-state index >= 15 is 0 Å². The number of nitrogens with one attached hydrogen (secondary N) is 1. The maximum absolute atomic E-state index is 5.32. The van der Waals surface area contributed by atoms with Crippen molar-refractivity contribution in [2.45, 2.75) is 39.2 Å². The standard InChI is InChI=1S/C14H23N3O/c1-12(2)16-14(17-9-3-4-10-17)15-8-7-13-6-5-11-18-13/h5-6,11-12H,3-4,7-10H2,1-2H3,(H,15,16). The van der Waals surface area contributed by atoms with E-state index < -0.39 is 0 Å². The van der Waals surface area contributed by atoms with E-state index in [2.05, 4.69) is 24.1 Å². The van der Waals surface area contributed by atoms with Crippen LogP contribution in [0.2, 0.25) is 0 Å². The molecular weight excluding hydrogens is 226 g/mol. The van der Waals surface area contributed by atoms with E-state index in [4.69, 9.17) is 9.41 Å². The molecule has 0 saturated carbocycles. The highest BCUT2D eigenvalue weighted by Gasteiger charge is 2.16. The zero-order valence-corrected chi connectivity index (χ0v) is 11.4. The zero-order valence-electron chi connectivity index (χ0n) is 11.4. The number of furan rings is 1. The summed E-state index contributed by atoms with van der Waals surface area (Å²) in [6.45, 7) is 7.33. The van der Waals surface area contributed by atoms with Gasteiger partial charge in [0.1, 0.15) is 5.76 Å². The van der Waals surface area contributed by atoms with Gasteiger partial charge in [-0.05, 0) is 38.8 Å². The molecule has 1 aliphatic rings. The lowest BCUT2D eigenvalue weighted by Gasteiger charge is -2.23. The third-order valence-electron chi connectivity index (χ3n) is 3.02. The molecule has 0 bridgehead atoms. The second kappa shape index (κ2) is 6.47. The van der Waals surface area contributed by atoms with Crippen LogP contribution in [0, 0.1) is 0 Å². The van der Waals surface area contributed by atoms with Crippen molar-refractivity contribution in [2.24, 2.45) is 4.99 Å². The Morgan fingerprint density at radius 1 is 1.44 bits per heavy atom. The number of nitrogens with zero attached hydrogens (tertiary/aromatic N) is 2. The van der Waals surface area contributed by atoms with Crippen LogP contribution in [0.1, 0.15) is 32.4 Å². The molecule has 1 aromatic rings. The summed E-state index contributed by atoms with van der Waals surface area (Å²) in [5.41, 5.74) is 0. The summed E-state index contributed by atoms with van der Waals surface area (Å²) in [4.78, 5) is 7.04. The summed E-state index contributed by atoms with van der Waals surface area (Å²) in [5.74, 6) is 2.05. The molecule has 4 heteroatoms. The normalized spacial score (nSPS) is 16.6. The predicted octanol–water partition coefficient (Wildman–Crippen LogP) is 2.27. The lowest BCUT2D eigenvalue weighted by Crippen LogP contribution is -2.43. The van der Waals surface area contributed by atoms with Gasteiger partial charge in [-0.15, -0.1) is 0 Å². The van der Waals surface area contributed by atoms with Crippen molar-refractivity contribution >= 4 is 5.96 Å². The second-order valence-electron chi connectivity index (χ2n) is 5.03. The molecule has 4 nitrogen and oxygen atoms in total. The molecule has 0 aromatic carbocycles. The second-order valence-corrected chi connectivity index (χ2v) is 5.03. The van der Waals surface area contributed by atoms with Gasteiger partial charge in [-0.25, -0.2) is 0 Å². The lowest BCUT2D eigenvalue weighted by molar-refractivity contribution is 0.478. The van der Waals surface area contributed by atoms with Gasteiger partial charge in [-0.1, -0.05) is 0 Å². The first-order valence-electron chi connectivity index (χ1n) is 6.84. The van der Waals surface area contributed by atoms with Crippen LogP contribution in [0.4, 0.5) is 0 Å². The van der Waals surface area contributed by atoms with Gasteiger partial charge in [0.15, 0.2) is 5.96 Å². The summed E-state index contributed by atoms with van der Waals surface area (Å²) in [6, 6.07) is 4.35. The van der Waals surface area contributed by atoms with Crippen LogP contribution < -0.4 is 5.32 Å². The molecule has 0 spiro atoms. The van der Waals surface area contributed by atoms with Gasteiger partial charge >= 0.3 is 0 Å². The Labute approximate surface area is 109 Å². The van der Waals surface area contributed by atoms with Crippen molar-refractivity contribution in [3.8, 4) is 0 Å². The smallest absolute Gasteiger partial charge is 0.194 e. The summed E-state index contributed by atoms with van der Waals surface area (Å²) in [6.07, 6.45) is 5.13. The molecule has 1 fully saturated rings. The fourth-order valence-electron chi connectivity index (χ4n) is 2.15. The van der Waals surface area contributed by atoms with Crippen molar-refractivity contribution in [3.05, 3.63) is 24.2 Å². The van der Waals surface area contributed by atoms with Gasteiger partial charge in [0.2, 0.25) is 0 Å². The third-order valence-corrected chi connectivity index (χ3v) is 3.02. The molecule has 0 radical (unpaired) electrons. The topological polar surface area (TPSA) is 40.8 Å². The molecule has 2 rings (SSSR count).